The number of aromatic amines is 1. The molecule has 1 aromatic carbocycles. The highest BCUT2D eigenvalue weighted by Crippen LogP contribution is 2.28. The molecule has 0 bridgehead atoms. The number of anilines is 1. The minimum atomic E-state index is -0.510. The summed E-state index contributed by atoms with van der Waals surface area (Å²) < 4.78 is 0. The van der Waals surface area contributed by atoms with E-state index in [-0.39, 0.29) is 11.5 Å². The molecule has 0 aliphatic heterocycles. The summed E-state index contributed by atoms with van der Waals surface area (Å²) in [5.74, 6) is 5.51. The van der Waals surface area contributed by atoms with Crippen molar-refractivity contribution in [3.05, 3.63) is 28.3 Å². The van der Waals surface area contributed by atoms with Crippen molar-refractivity contribution < 1.29 is 4.92 Å². The first-order valence-corrected chi connectivity index (χ1v) is 4.21. The number of non-ortho nitro benzene ring substituents is 1. The van der Waals surface area contributed by atoms with Gasteiger partial charge in [0.25, 0.3) is 5.69 Å². The number of nitro groups is 1. The minimum Gasteiger partial charge on any atom is -0.323 e. The zero-order chi connectivity index (χ0) is 11.5. The summed E-state index contributed by atoms with van der Waals surface area (Å²) in [6.07, 6.45) is 0. The summed E-state index contributed by atoms with van der Waals surface area (Å²) >= 11 is 0. The number of rotatable bonds is 3. The smallest absolute Gasteiger partial charge is 0.270 e. The molecule has 0 radical (unpaired) electrons. The number of nitrogens with one attached hydrogen (secondary N) is 2. The number of hydrogen-bond donors (Lipinski definition) is 3. The molecule has 0 aliphatic rings. The molecular formula is C7H7N7O2. The van der Waals surface area contributed by atoms with Crippen LogP contribution in [0.2, 0.25) is 0 Å². The van der Waals surface area contributed by atoms with E-state index in [2.05, 4.69) is 26.0 Å². The Morgan fingerprint density at radius 2 is 2.31 bits per heavy atom. The highest BCUT2D eigenvalue weighted by Gasteiger charge is 2.14. The van der Waals surface area contributed by atoms with E-state index in [1.54, 1.807) is 0 Å². The highest BCUT2D eigenvalue weighted by atomic mass is 16.6. The van der Waals surface area contributed by atoms with Gasteiger partial charge in [0.2, 0.25) is 5.82 Å². The van der Waals surface area contributed by atoms with Crippen LogP contribution in [0.1, 0.15) is 0 Å². The lowest BCUT2D eigenvalue weighted by Crippen LogP contribution is -2.08. The van der Waals surface area contributed by atoms with Crippen molar-refractivity contribution >= 4 is 11.4 Å². The quantitative estimate of drug-likeness (QED) is 0.378. The molecule has 4 N–H and O–H groups in total. The SMILES string of the molecule is NNc1ccc([N+](=O)[O-])cc1-c1nn[nH]n1. The first-order chi connectivity index (χ1) is 7.72. The van der Waals surface area contributed by atoms with E-state index >= 15 is 0 Å². The van der Waals surface area contributed by atoms with E-state index in [4.69, 9.17) is 5.84 Å². The van der Waals surface area contributed by atoms with Gasteiger partial charge in [0.15, 0.2) is 0 Å². The molecule has 0 saturated heterocycles. The number of hydrogen-bond acceptors (Lipinski definition) is 7. The molecule has 2 aromatic rings. The summed E-state index contributed by atoms with van der Waals surface area (Å²) in [5.41, 5.74) is 3.22. The average Bonchev–Trinajstić information content (AvgIpc) is 2.81. The number of H-pyrrole nitrogens is 1. The third-order valence-electron chi connectivity index (χ3n) is 1.96. The number of hydrazine groups is 1. The van der Waals surface area contributed by atoms with Crippen LogP contribution in [0.3, 0.4) is 0 Å². The fourth-order valence-electron chi connectivity index (χ4n) is 1.23. The molecule has 0 aliphatic carbocycles. The van der Waals surface area contributed by atoms with E-state index in [1.165, 1.54) is 18.2 Å². The van der Waals surface area contributed by atoms with Gasteiger partial charge in [0, 0.05) is 12.1 Å². The molecule has 1 aromatic heterocycles. The summed E-state index contributed by atoms with van der Waals surface area (Å²) in [7, 11) is 0. The number of aromatic nitrogens is 4. The van der Waals surface area contributed by atoms with Gasteiger partial charge in [0.05, 0.1) is 16.2 Å². The lowest BCUT2D eigenvalue weighted by Gasteiger charge is -2.04. The predicted molar refractivity (Wildman–Crippen MR) is 54.1 cm³/mol. The van der Waals surface area contributed by atoms with E-state index in [0.717, 1.165) is 0 Å². The van der Waals surface area contributed by atoms with Crippen molar-refractivity contribution in [2.45, 2.75) is 0 Å². The van der Waals surface area contributed by atoms with Crippen molar-refractivity contribution in [1.82, 2.24) is 20.6 Å². The highest BCUT2D eigenvalue weighted by molar-refractivity contribution is 5.75. The molecule has 2 rings (SSSR count). The molecule has 0 fully saturated rings. The molecule has 0 spiro atoms. The van der Waals surface area contributed by atoms with E-state index in [0.29, 0.717) is 11.3 Å². The van der Waals surface area contributed by atoms with Crippen LogP contribution in [0.25, 0.3) is 11.4 Å². The Morgan fingerprint density at radius 3 is 2.88 bits per heavy atom. The summed E-state index contributed by atoms with van der Waals surface area (Å²) in [4.78, 5) is 10.1. The Balaban J connectivity index is 2.56. The van der Waals surface area contributed by atoms with Crippen LogP contribution >= 0.6 is 0 Å². The van der Waals surface area contributed by atoms with Gasteiger partial charge in [-0.2, -0.15) is 5.21 Å². The second-order valence-corrected chi connectivity index (χ2v) is 2.87. The van der Waals surface area contributed by atoms with Gasteiger partial charge in [-0.05, 0) is 11.3 Å². The number of tetrazole rings is 1. The predicted octanol–water partition coefficient (Wildman–Crippen LogP) is 0.0605. The van der Waals surface area contributed by atoms with E-state index < -0.39 is 4.92 Å². The molecule has 82 valence electrons. The molecule has 1 heterocycles. The fourth-order valence-corrected chi connectivity index (χ4v) is 1.23. The summed E-state index contributed by atoms with van der Waals surface area (Å²) in [6.45, 7) is 0. The molecular weight excluding hydrogens is 214 g/mol. The third-order valence-corrected chi connectivity index (χ3v) is 1.96. The fraction of sp³-hybridized carbons (Fsp3) is 0. The van der Waals surface area contributed by atoms with E-state index in [9.17, 15) is 10.1 Å². The molecule has 16 heavy (non-hydrogen) atoms. The molecule has 0 amide bonds. The molecule has 0 saturated carbocycles. The Morgan fingerprint density at radius 1 is 1.50 bits per heavy atom. The largest absolute Gasteiger partial charge is 0.323 e. The maximum Gasteiger partial charge on any atom is 0.270 e. The summed E-state index contributed by atoms with van der Waals surface area (Å²) in [5, 5.41) is 23.7. The van der Waals surface area contributed by atoms with Crippen LogP contribution in [0.15, 0.2) is 18.2 Å². The van der Waals surface area contributed by atoms with E-state index in [1.807, 2.05) is 0 Å². The van der Waals surface area contributed by atoms with Gasteiger partial charge >= 0.3 is 0 Å². The standard InChI is InChI=1S/C7H7N7O2/c8-9-6-2-1-4(14(15)16)3-5(6)7-10-12-13-11-7/h1-3,9H,8H2,(H,10,11,12,13). The van der Waals surface area contributed by atoms with Gasteiger partial charge in [-0.25, -0.2) is 0 Å². The molecule has 0 unspecified atom stereocenters. The van der Waals surface area contributed by atoms with Crippen molar-refractivity contribution in [3.63, 3.8) is 0 Å². The number of nitro benzene ring substituents is 1. The molecule has 9 heteroatoms. The van der Waals surface area contributed by atoms with Gasteiger partial charge in [0.1, 0.15) is 0 Å². The van der Waals surface area contributed by atoms with Gasteiger partial charge in [-0.1, -0.05) is 0 Å². The Bertz CT molecular complexity index is 509. The van der Waals surface area contributed by atoms with Crippen molar-refractivity contribution in [2.75, 3.05) is 5.43 Å². The maximum absolute atomic E-state index is 10.6. The summed E-state index contributed by atoms with van der Waals surface area (Å²) in [6, 6.07) is 4.13. The van der Waals surface area contributed by atoms with Crippen molar-refractivity contribution in [1.29, 1.82) is 0 Å². The number of nitrogen functional groups attached to an aromatic ring is 1. The lowest BCUT2D eigenvalue weighted by atomic mass is 10.1. The normalized spacial score (nSPS) is 10.1. The van der Waals surface area contributed by atoms with Crippen LogP contribution < -0.4 is 11.3 Å². The molecule has 0 atom stereocenters. The first kappa shape index (κ1) is 9.98. The van der Waals surface area contributed by atoms with Crippen LogP contribution in [-0.2, 0) is 0 Å². The number of nitrogens with two attached hydrogens (primary N) is 1. The van der Waals surface area contributed by atoms with Crippen LogP contribution in [0, 0.1) is 10.1 Å². The molecule has 9 nitrogen and oxygen atoms in total. The van der Waals surface area contributed by atoms with Crippen molar-refractivity contribution in [2.24, 2.45) is 5.84 Å². The lowest BCUT2D eigenvalue weighted by molar-refractivity contribution is -0.384. The first-order valence-electron chi connectivity index (χ1n) is 4.21. The van der Waals surface area contributed by atoms with Gasteiger partial charge in [-0.15, -0.1) is 10.2 Å². The van der Waals surface area contributed by atoms with Crippen LogP contribution in [-0.4, -0.2) is 25.5 Å². The minimum absolute atomic E-state index is 0.0706. The average molecular weight is 221 g/mol. The van der Waals surface area contributed by atoms with Crippen molar-refractivity contribution in [3.8, 4) is 11.4 Å². The van der Waals surface area contributed by atoms with Gasteiger partial charge < -0.3 is 5.43 Å². The topological polar surface area (TPSA) is 136 Å². The maximum atomic E-state index is 10.6. The Kier molecular flexibility index (Phi) is 2.44. The second kappa shape index (κ2) is 3.90. The van der Waals surface area contributed by atoms with Gasteiger partial charge in [-0.3, -0.25) is 16.0 Å². The zero-order valence-corrected chi connectivity index (χ0v) is 7.91. The monoisotopic (exact) mass is 221 g/mol. The van der Waals surface area contributed by atoms with Crippen LogP contribution in [0.4, 0.5) is 11.4 Å². The third kappa shape index (κ3) is 1.66. The zero-order valence-electron chi connectivity index (χ0n) is 7.91. The number of nitrogens with zero attached hydrogens (tertiary/aromatic N) is 4. The second-order valence-electron chi connectivity index (χ2n) is 2.87. The number of benzene rings is 1. The Hall–Kier alpha value is -2.55. The Labute approximate surface area is 88.8 Å². The van der Waals surface area contributed by atoms with Crippen LogP contribution in [0.5, 0.6) is 0 Å².